The minimum atomic E-state index is 0.580. The summed E-state index contributed by atoms with van der Waals surface area (Å²) in [5, 5.41) is 12.5. The van der Waals surface area contributed by atoms with Crippen molar-refractivity contribution in [1.29, 1.82) is 5.26 Å². The molecular weight excluding hydrogens is 236 g/mol. The first-order valence-electron chi connectivity index (χ1n) is 6.06. The molecular formula is C15H10N4. The zero-order valence-corrected chi connectivity index (χ0v) is 10.3. The average molecular weight is 246 g/mol. The molecule has 90 valence electrons. The van der Waals surface area contributed by atoms with Crippen molar-refractivity contribution in [2.45, 2.75) is 6.92 Å². The average Bonchev–Trinajstić information content (AvgIpc) is 3.03. The van der Waals surface area contributed by atoms with Crippen LogP contribution in [0.3, 0.4) is 0 Å². The molecule has 0 spiro atoms. The van der Waals surface area contributed by atoms with Crippen LogP contribution in [0.15, 0.2) is 30.7 Å². The number of benzene rings is 1. The molecule has 0 aliphatic carbocycles. The highest BCUT2D eigenvalue weighted by Crippen LogP contribution is 2.32. The molecule has 0 saturated carbocycles. The number of fused-ring (bicyclic) bond motifs is 4. The minimum Gasteiger partial charge on any atom is -0.361 e. The van der Waals surface area contributed by atoms with E-state index in [1.165, 1.54) is 10.9 Å². The number of nitrogens with one attached hydrogen (secondary N) is 2. The second-order valence-corrected chi connectivity index (χ2v) is 4.71. The Balaban J connectivity index is 2.33. The van der Waals surface area contributed by atoms with Gasteiger partial charge in [0.05, 0.1) is 16.6 Å². The number of aromatic nitrogens is 3. The summed E-state index contributed by atoms with van der Waals surface area (Å²) >= 11 is 0. The van der Waals surface area contributed by atoms with E-state index in [0.717, 1.165) is 27.3 Å². The first kappa shape index (κ1) is 10.2. The number of pyridine rings is 1. The summed E-state index contributed by atoms with van der Waals surface area (Å²) in [5.74, 6) is 0. The number of aromatic amines is 2. The summed E-state index contributed by atoms with van der Waals surface area (Å²) in [6.45, 7) is 2.09. The fourth-order valence-electron chi connectivity index (χ4n) is 2.76. The van der Waals surface area contributed by atoms with E-state index in [1.54, 1.807) is 6.20 Å². The topological polar surface area (TPSA) is 68.3 Å². The maximum absolute atomic E-state index is 9.16. The van der Waals surface area contributed by atoms with Crippen molar-refractivity contribution in [2.24, 2.45) is 0 Å². The molecule has 2 N–H and O–H groups in total. The van der Waals surface area contributed by atoms with Crippen LogP contribution in [0, 0.1) is 18.3 Å². The van der Waals surface area contributed by atoms with Crippen LogP contribution in [0.2, 0.25) is 0 Å². The minimum absolute atomic E-state index is 0.580. The molecule has 3 heterocycles. The van der Waals surface area contributed by atoms with Gasteiger partial charge in [-0.1, -0.05) is 0 Å². The van der Waals surface area contributed by atoms with E-state index in [1.807, 2.05) is 12.4 Å². The standard InChI is InChI=1S/C15H10N4/c1-8-10-2-3-18-13(10)4-11-12-7-17-6-9(5-16)15(12)19-14(8)11/h2-4,6-7,18-19H,1H3. The molecule has 4 aromatic rings. The van der Waals surface area contributed by atoms with Gasteiger partial charge in [0.2, 0.25) is 0 Å². The summed E-state index contributed by atoms with van der Waals surface area (Å²) in [5.41, 5.74) is 4.81. The first-order chi connectivity index (χ1) is 9.29. The number of aryl methyl sites for hydroxylation is 1. The van der Waals surface area contributed by atoms with Gasteiger partial charge in [0.1, 0.15) is 6.07 Å². The van der Waals surface area contributed by atoms with Crippen LogP contribution in [0.25, 0.3) is 32.7 Å². The molecule has 0 aliphatic heterocycles. The molecule has 0 radical (unpaired) electrons. The van der Waals surface area contributed by atoms with Gasteiger partial charge in [-0.05, 0) is 24.6 Å². The Morgan fingerprint density at radius 1 is 1.16 bits per heavy atom. The molecule has 19 heavy (non-hydrogen) atoms. The normalized spacial score (nSPS) is 11.4. The van der Waals surface area contributed by atoms with E-state index in [-0.39, 0.29) is 0 Å². The predicted molar refractivity (Wildman–Crippen MR) is 74.9 cm³/mol. The summed E-state index contributed by atoms with van der Waals surface area (Å²) in [7, 11) is 0. The zero-order valence-electron chi connectivity index (χ0n) is 10.3. The van der Waals surface area contributed by atoms with Crippen molar-refractivity contribution >= 4 is 32.7 Å². The van der Waals surface area contributed by atoms with Crippen molar-refractivity contribution in [3.8, 4) is 6.07 Å². The van der Waals surface area contributed by atoms with Crippen molar-refractivity contribution in [3.05, 3.63) is 41.9 Å². The number of H-pyrrole nitrogens is 2. The van der Waals surface area contributed by atoms with Crippen LogP contribution in [0.5, 0.6) is 0 Å². The fraction of sp³-hybridized carbons (Fsp3) is 0.0667. The van der Waals surface area contributed by atoms with Crippen LogP contribution < -0.4 is 0 Å². The van der Waals surface area contributed by atoms with Gasteiger partial charge in [0, 0.05) is 40.3 Å². The van der Waals surface area contributed by atoms with E-state index in [0.29, 0.717) is 5.56 Å². The second kappa shape index (κ2) is 3.36. The Kier molecular flexibility index (Phi) is 1.80. The van der Waals surface area contributed by atoms with Gasteiger partial charge in [-0.15, -0.1) is 0 Å². The smallest absolute Gasteiger partial charge is 0.103 e. The monoisotopic (exact) mass is 246 g/mol. The number of hydrogen-bond acceptors (Lipinski definition) is 2. The molecule has 1 aromatic carbocycles. The van der Waals surface area contributed by atoms with Gasteiger partial charge >= 0.3 is 0 Å². The fourth-order valence-corrected chi connectivity index (χ4v) is 2.76. The maximum Gasteiger partial charge on any atom is 0.103 e. The second-order valence-electron chi connectivity index (χ2n) is 4.71. The van der Waals surface area contributed by atoms with Gasteiger partial charge in [0.25, 0.3) is 0 Å². The number of hydrogen-bond donors (Lipinski definition) is 2. The van der Waals surface area contributed by atoms with Crippen molar-refractivity contribution in [1.82, 2.24) is 15.0 Å². The lowest BCUT2D eigenvalue weighted by Crippen LogP contribution is -1.79. The van der Waals surface area contributed by atoms with Gasteiger partial charge in [-0.2, -0.15) is 5.26 Å². The van der Waals surface area contributed by atoms with Gasteiger partial charge < -0.3 is 9.97 Å². The Morgan fingerprint density at radius 2 is 2.05 bits per heavy atom. The molecule has 4 nitrogen and oxygen atoms in total. The number of nitriles is 1. The van der Waals surface area contributed by atoms with Gasteiger partial charge in [-0.3, -0.25) is 4.98 Å². The third kappa shape index (κ3) is 1.19. The molecule has 0 aliphatic rings. The van der Waals surface area contributed by atoms with E-state index in [9.17, 15) is 0 Å². The van der Waals surface area contributed by atoms with Crippen molar-refractivity contribution in [2.75, 3.05) is 0 Å². The van der Waals surface area contributed by atoms with E-state index < -0.39 is 0 Å². The highest BCUT2D eigenvalue weighted by Gasteiger charge is 2.12. The van der Waals surface area contributed by atoms with Crippen LogP contribution in [0.1, 0.15) is 11.1 Å². The highest BCUT2D eigenvalue weighted by molar-refractivity contribution is 6.14. The summed E-state index contributed by atoms with van der Waals surface area (Å²) in [6, 6.07) is 6.36. The maximum atomic E-state index is 9.16. The molecule has 3 aromatic heterocycles. The number of rotatable bonds is 0. The third-order valence-electron chi connectivity index (χ3n) is 3.72. The van der Waals surface area contributed by atoms with Crippen LogP contribution in [0.4, 0.5) is 0 Å². The summed E-state index contributed by atoms with van der Waals surface area (Å²) in [6.07, 6.45) is 5.35. The van der Waals surface area contributed by atoms with Crippen LogP contribution >= 0.6 is 0 Å². The van der Waals surface area contributed by atoms with Crippen molar-refractivity contribution < 1.29 is 0 Å². The molecule has 0 unspecified atom stereocenters. The van der Waals surface area contributed by atoms with Gasteiger partial charge in [0.15, 0.2) is 0 Å². The molecule has 0 fully saturated rings. The molecule has 0 bridgehead atoms. The molecule has 0 atom stereocenters. The van der Waals surface area contributed by atoms with E-state index in [4.69, 9.17) is 5.26 Å². The van der Waals surface area contributed by atoms with Gasteiger partial charge in [-0.25, -0.2) is 0 Å². The van der Waals surface area contributed by atoms with Crippen molar-refractivity contribution in [3.63, 3.8) is 0 Å². The Bertz CT molecular complexity index is 982. The summed E-state index contributed by atoms with van der Waals surface area (Å²) in [4.78, 5) is 10.8. The predicted octanol–water partition coefficient (Wildman–Crippen LogP) is 3.38. The van der Waals surface area contributed by atoms with Crippen LogP contribution in [-0.2, 0) is 0 Å². The molecule has 4 rings (SSSR count). The lowest BCUT2D eigenvalue weighted by atomic mass is 10.1. The zero-order chi connectivity index (χ0) is 13.0. The quantitative estimate of drug-likeness (QED) is 0.499. The molecule has 0 amide bonds. The Labute approximate surface area is 108 Å². The SMILES string of the molecule is Cc1c2cc[nH]c2cc2c1[nH]c1c(C#N)cncc12. The highest BCUT2D eigenvalue weighted by atomic mass is 14.7. The largest absolute Gasteiger partial charge is 0.361 e. The first-order valence-corrected chi connectivity index (χ1v) is 6.06. The van der Waals surface area contributed by atoms with E-state index >= 15 is 0 Å². The Morgan fingerprint density at radius 3 is 2.89 bits per heavy atom. The number of nitrogens with zero attached hydrogens (tertiary/aromatic N) is 2. The lowest BCUT2D eigenvalue weighted by molar-refractivity contribution is 1.33. The molecule has 4 heteroatoms. The third-order valence-corrected chi connectivity index (χ3v) is 3.72. The Hall–Kier alpha value is -2.80. The molecule has 0 saturated heterocycles. The van der Waals surface area contributed by atoms with E-state index in [2.05, 4.69) is 40.1 Å². The lowest BCUT2D eigenvalue weighted by Gasteiger charge is -1.99. The summed E-state index contributed by atoms with van der Waals surface area (Å²) < 4.78 is 0. The van der Waals surface area contributed by atoms with Crippen LogP contribution in [-0.4, -0.2) is 15.0 Å².